The second-order valence-electron chi connectivity index (χ2n) is 4.85. The fourth-order valence-electron chi connectivity index (χ4n) is 2.38. The lowest BCUT2D eigenvalue weighted by Crippen LogP contribution is -2.00. The van der Waals surface area contributed by atoms with Crippen LogP contribution in [0.5, 0.6) is 11.5 Å². The average Bonchev–Trinajstić information content (AvgIpc) is 2.98. The van der Waals surface area contributed by atoms with Crippen molar-refractivity contribution in [2.75, 3.05) is 13.2 Å². The van der Waals surface area contributed by atoms with Gasteiger partial charge in [0.1, 0.15) is 5.82 Å². The Balaban J connectivity index is 2.18. The molecule has 0 aliphatic heterocycles. The molecule has 3 aromatic rings. The van der Waals surface area contributed by atoms with Gasteiger partial charge >= 0.3 is 0 Å². The van der Waals surface area contributed by atoms with Crippen LogP contribution in [0, 0.1) is 0 Å². The third-order valence-electron chi connectivity index (χ3n) is 3.36. The number of imidazole rings is 1. The SMILES string of the molecule is CCOc1cc(-c2nc3ccccc3[nH]2)c(Br)c(Br)c1OCC. The number of H-pyrrole nitrogens is 1. The summed E-state index contributed by atoms with van der Waals surface area (Å²) in [6.07, 6.45) is 0. The van der Waals surface area contributed by atoms with Gasteiger partial charge in [-0.3, -0.25) is 0 Å². The van der Waals surface area contributed by atoms with Crippen molar-refractivity contribution in [3.8, 4) is 22.9 Å². The van der Waals surface area contributed by atoms with Crippen molar-refractivity contribution in [1.29, 1.82) is 0 Å². The zero-order valence-electron chi connectivity index (χ0n) is 12.8. The first-order chi connectivity index (χ1) is 11.2. The van der Waals surface area contributed by atoms with E-state index in [0.29, 0.717) is 24.7 Å². The van der Waals surface area contributed by atoms with Gasteiger partial charge in [0.25, 0.3) is 0 Å². The number of nitrogens with zero attached hydrogens (tertiary/aromatic N) is 1. The van der Waals surface area contributed by atoms with Gasteiger partial charge in [0.05, 0.1) is 28.7 Å². The summed E-state index contributed by atoms with van der Waals surface area (Å²) in [5, 5.41) is 0. The van der Waals surface area contributed by atoms with E-state index in [-0.39, 0.29) is 0 Å². The molecule has 23 heavy (non-hydrogen) atoms. The molecule has 6 heteroatoms. The highest BCUT2D eigenvalue weighted by Crippen LogP contribution is 2.45. The first-order valence-electron chi connectivity index (χ1n) is 7.38. The van der Waals surface area contributed by atoms with Crippen LogP contribution in [-0.4, -0.2) is 23.2 Å². The molecule has 1 heterocycles. The van der Waals surface area contributed by atoms with E-state index < -0.39 is 0 Å². The largest absolute Gasteiger partial charge is 0.490 e. The maximum absolute atomic E-state index is 5.74. The molecular formula is C17H16Br2N2O2. The molecule has 0 radical (unpaired) electrons. The monoisotopic (exact) mass is 438 g/mol. The number of hydrogen-bond acceptors (Lipinski definition) is 3. The number of fused-ring (bicyclic) bond motifs is 1. The quantitative estimate of drug-likeness (QED) is 0.566. The molecule has 0 bridgehead atoms. The lowest BCUT2D eigenvalue weighted by atomic mass is 10.2. The fourth-order valence-corrected chi connectivity index (χ4v) is 3.39. The highest BCUT2D eigenvalue weighted by Gasteiger charge is 2.20. The average molecular weight is 440 g/mol. The summed E-state index contributed by atoms with van der Waals surface area (Å²) in [5.74, 6) is 2.17. The van der Waals surface area contributed by atoms with Crippen LogP contribution in [0.3, 0.4) is 0 Å². The van der Waals surface area contributed by atoms with Crippen molar-refractivity contribution in [3.05, 3.63) is 39.3 Å². The summed E-state index contributed by atoms with van der Waals surface area (Å²) >= 11 is 7.24. The summed E-state index contributed by atoms with van der Waals surface area (Å²) in [4.78, 5) is 8.00. The summed E-state index contributed by atoms with van der Waals surface area (Å²) in [6, 6.07) is 9.89. The van der Waals surface area contributed by atoms with Crippen LogP contribution in [0.15, 0.2) is 39.3 Å². The first-order valence-corrected chi connectivity index (χ1v) is 8.97. The molecule has 3 rings (SSSR count). The summed E-state index contributed by atoms with van der Waals surface area (Å²) in [7, 11) is 0. The fraction of sp³-hybridized carbons (Fsp3) is 0.235. The number of para-hydroxylation sites is 2. The first kappa shape index (κ1) is 16.3. The third kappa shape index (κ3) is 3.10. The van der Waals surface area contributed by atoms with Crippen molar-refractivity contribution in [2.45, 2.75) is 13.8 Å². The molecule has 0 fully saturated rings. The number of halogens is 2. The second kappa shape index (κ2) is 6.93. The number of hydrogen-bond donors (Lipinski definition) is 1. The van der Waals surface area contributed by atoms with E-state index in [4.69, 9.17) is 9.47 Å². The maximum atomic E-state index is 5.74. The standard InChI is InChI=1S/C17H16Br2N2O2/c1-3-22-13-9-10(14(18)15(19)16(13)23-4-2)17-20-11-7-5-6-8-12(11)21-17/h5-9H,3-4H2,1-2H3,(H,20,21). The second-order valence-corrected chi connectivity index (χ2v) is 6.43. The number of rotatable bonds is 5. The van der Waals surface area contributed by atoms with Crippen LogP contribution in [0.1, 0.15) is 13.8 Å². The zero-order valence-corrected chi connectivity index (χ0v) is 16.0. The van der Waals surface area contributed by atoms with Gasteiger partial charge in [0.2, 0.25) is 0 Å². The molecule has 120 valence electrons. The topological polar surface area (TPSA) is 47.1 Å². The van der Waals surface area contributed by atoms with Crippen LogP contribution in [0.4, 0.5) is 0 Å². The zero-order chi connectivity index (χ0) is 16.4. The van der Waals surface area contributed by atoms with E-state index in [0.717, 1.165) is 31.4 Å². The number of aromatic amines is 1. The Bertz CT molecular complexity index is 813. The lowest BCUT2D eigenvalue weighted by molar-refractivity contribution is 0.286. The molecular weight excluding hydrogens is 424 g/mol. The Morgan fingerprint density at radius 1 is 1.04 bits per heavy atom. The van der Waals surface area contributed by atoms with Crippen molar-refractivity contribution in [3.63, 3.8) is 0 Å². The van der Waals surface area contributed by atoms with E-state index in [1.54, 1.807) is 0 Å². The molecule has 0 spiro atoms. The molecule has 2 aromatic carbocycles. The van der Waals surface area contributed by atoms with Crippen molar-refractivity contribution in [1.82, 2.24) is 9.97 Å². The number of nitrogens with one attached hydrogen (secondary N) is 1. The van der Waals surface area contributed by atoms with Gasteiger partial charge < -0.3 is 14.5 Å². The molecule has 1 N–H and O–H groups in total. The van der Waals surface area contributed by atoms with Crippen LogP contribution in [0.2, 0.25) is 0 Å². The van der Waals surface area contributed by atoms with Crippen LogP contribution < -0.4 is 9.47 Å². The van der Waals surface area contributed by atoms with Gasteiger partial charge in [-0.05, 0) is 63.9 Å². The van der Waals surface area contributed by atoms with Crippen LogP contribution in [-0.2, 0) is 0 Å². The van der Waals surface area contributed by atoms with Crippen LogP contribution >= 0.6 is 31.9 Å². The van der Waals surface area contributed by atoms with Gasteiger partial charge in [-0.2, -0.15) is 0 Å². The van der Waals surface area contributed by atoms with Gasteiger partial charge in [-0.1, -0.05) is 12.1 Å². The Morgan fingerprint density at radius 3 is 2.48 bits per heavy atom. The summed E-state index contributed by atoms with van der Waals surface area (Å²) in [6.45, 7) is 5.03. The number of ether oxygens (including phenoxy) is 2. The lowest BCUT2D eigenvalue weighted by Gasteiger charge is -2.16. The predicted molar refractivity (Wildman–Crippen MR) is 99.3 cm³/mol. The Kier molecular flexibility index (Phi) is 4.92. The molecule has 0 saturated carbocycles. The molecule has 0 unspecified atom stereocenters. The third-order valence-corrected chi connectivity index (χ3v) is 5.47. The van der Waals surface area contributed by atoms with E-state index >= 15 is 0 Å². The highest BCUT2D eigenvalue weighted by atomic mass is 79.9. The van der Waals surface area contributed by atoms with Crippen LogP contribution in [0.25, 0.3) is 22.4 Å². The van der Waals surface area contributed by atoms with Gasteiger partial charge in [-0.15, -0.1) is 0 Å². The Hall–Kier alpha value is -1.53. The smallest absolute Gasteiger partial charge is 0.176 e. The number of aromatic nitrogens is 2. The predicted octanol–water partition coefficient (Wildman–Crippen LogP) is 5.55. The normalized spacial score (nSPS) is 11.0. The van der Waals surface area contributed by atoms with Gasteiger partial charge in [0, 0.05) is 10.0 Å². The number of benzene rings is 2. The minimum atomic E-state index is 0.563. The van der Waals surface area contributed by atoms with Gasteiger partial charge in [0.15, 0.2) is 11.5 Å². The summed E-state index contributed by atoms with van der Waals surface area (Å²) < 4.78 is 13.2. The summed E-state index contributed by atoms with van der Waals surface area (Å²) in [5.41, 5.74) is 2.84. The minimum absolute atomic E-state index is 0.563. The molecule has 0 aliphatic carbocycles. The van der Waals surface area contributed by atoms with Crippen molar-refractivity contribution >= 4 is 42.9 Å². The Labute approximate surface area is 151 Å². The highest BCUT2D eigenvalue weighted by molar-refractivity contribution is 9.13. The minimum Gasteiger partial charge on any atom is -0.490 e. The maximum Gasteiger partial charge on any atom is 0.176 e. The Morgan fingerprint density at radius 2 is 1.78 bits per heavy atom. The molecule has 0 saturated heterocycles. The van der Waals surface area contributed by atoms with Crippen molar-refractivity contribution in [2.24, 2.45) is 0 Å². The van der Waals surface area contributed by atoms with E-state index in [2.05, 4.69) is 41.8 Å². The van der Waals surface area contributed by atoms with E-state index in [9.17, 15) is 0 Å². The van der Waals surface area contributed by atoms with E-state index in [1.165, 1.54) is 0 Å². The molecule has 1 aromatic heterocycles. The van der Waals surface area contributed by atoms with Gasteiger partial charge in [-0.25, -0.2) is 4.98 Å². The van der Waals surface area contributed by atoms with Crippen molar-refractivity contribution < 1.29 is 9.47 Å². The molecule has 4 nitrogen and oxygen atoms in total. The molecule has 0 aliphatic rings. The molecule has 0 atom stereocenters. The molecule has 0 amide bonds. The van der Waals surface area contributed by atoms with E-state index in [1.807, 2.05) is 44.2 Å².